The van der Waals surface area contributed by atoms with E-state index in [-0.39, 0.29) is 118 Å². The van der Waals surface area contributed by atoms with Gasteiger partial charge in [0.1, 0.15) is 6.04 Å². The molecule has 0 aromatic carbocycles. The molecule has 0 spiro atoms. The van der Waals surface area contributed by atoms with Crippen LogP contribution in [0.4, 0.5) is 0 Å². The third-order valence-corrected chi connectivity index (χ3v) is 4.02. The zero-order chi connectivity index (χ0) is 18.2. The molecule has 0 rings (SSSR count). The molecule has 0 bridgehead atoms. The van der Waals surface area contributed by atoms with Crippen LogP contribution in [0.1, 0.15) is 93.2 Å². The van der Waals surface area contributed by atoms with Crippen LogP contribution in [0.15, 0.2) is 0 Å². The van der Waals surface area contributed by atoms with E-state index in [2.05, 4.69) is 12.2 Å². The molecule has 0 aliphatic heterocycles. The maximum atomic E-state index is 11.6. The molecule has 0 unspecified atom stereocenters. The van der Waals surface area contributed by atoms with E-state index in [4.69, 9.17) is 10.2 Å². The van der Waals surface area contributed by atoms with Gasteiger partial charge < -0.3 is 18.4 Å². The van der Waals surface area contributed by atoms with Crippen molar-refractivity contribution in [3.05, 3.63) is 0 Å². The van der Waals surface area contributed by atoms with Crippen LogP contribution in [-0.4, -0.2) is 34.1 Å². The molecule has 26 heavy (non-hydrogen) atoms. The van der Waals surface area contributed by atoms with E-state index in [1.54, 1.807) is 0 Å². The average Bonchev–Trinajstić information content (AvgIpc) is 2.51. The Morgan fingerprint density at radius 2 is 1.23 bits per heavy atom. The van der Waals surface area contributed by atoms with Crippen LogP contribution in [0.3, 0.4) is 0 Å². The largest absolute Gasteiger partial charge is 1.00 e. The van der Waals surface area contributed by atoms with Crippen LogP contribution in [0.5, 0.6) is 0 Å². The zero-order valence-corrected chi connectivity index (χ0v) is 23.1. The van der Waals surface area contributed by atoms with E-state index in [1.165, 1.54) is 51.4 Å². The number of amides is 1. The van der Waals surface area contributed by atoms with Crippen molar-refractivity contribution in [2.24, 2.45) is 0 Å². The average molecular weight is 424 g/mol. The minimum atomic E-state index is -1.34. The van der Waals surface area contributed by atoms with Crippen LogP contribution < -0.4 is 108 Å². The predicted octanol–water partition coefficient (Wildman–Crippen LogP) is -2.04. The van der Waals surface area contributed by atoms with Crippen LogP contribution in [0.2, 0.25) is 0 Å². The molecule has 0 aliphatic rings. The van der Waals surface area contributed by atoms with Gasteiger partial charge >= 0.3 is 115 Å². The quantitative estimate of drug-likeness (QED) is 0.196. The number of rotatable bonds is 16. The van der Waals surface area contributed by atoms with Crippen molar-refractivity contribution in [2.75, 3.05) is 0 Å². The molecule has 0 saturated carbocycles. The molecule has 6 nitrogen and oxygen atoms in total. The molecular weight excluding hydrogens is 388 g/mol. The number of aliphatic carboxylic acids is 2. The third-order valence-electron chi connectivity index (χ3n) is 4.02. The summed E-state index contributed by atoms with van der Waals surface area (Å²) in [7, 11) is 0. The van der Waals surface area contributed by atoms with Crippen molar-refractivity contribution in [1.82, 2.24) is 5.32 Å². The van der Waals surface area contributed by atoms with E-state index < -0.39 is 24.4 Å². The first-order valence-corrected chi connectivity index (χ1v) is 9.21. The first-order valence-electron chi connectivity index (χ1n) is 9.21. The number of carbonyl (C=O) groups excluding carboxylic acids is 1. The third kappa shape index (κ3) is 22.0. The van der Waals surface area contributed by atoms with Gasteiger partial charge in [-0.25, -0.2) is 4.79 Å². The molecule has 0 saturated heterocycles. The van der Waals surface area contributed by atoms with Crippen molar-refractivity contribution in [1.29, 1.82) is 0 Å². The van der Waals surface area contributed by atoms with Crippen LogP contribution >= 0.6 is 0 Å². The summed E-state index contributed by atoms with van der Waals surface area (Å²) in [6.45, 7) is 2.22. The standard InChI is InChI=1S/C18H33NO5.2K.2H/c1-2-3-4-5-6-7-8-9-10-11-12-13-16(20)19-15(18(23)24)14-17(21)22;;;;/h15H,2-14H2,1H3,(H,19,20)(H,21,22)(H,23,24);;;;/q;2*+1;2*-1/t15-;;;;/m0..../s1. The molecule has 1 amide bonds. The van der Waals surface area contributed by atoms with Crippen molar-refractivity contribution in [3.63, 3.8) is 0 Å². The summed E-state index contributed by atoms with van der Waals surface area (Å²) in [5.74, 6) is -2.94. The monoisotopic (exact) mass is 423 g/mol. The number of carbonyl (C=O) groups is 3. The normalized spacial score (nSPS) is 11.0. The Bertz CT molecular complexity index is 391. The van der Waals surface area contributed by atoms with Crippen molar-refractivity contribution in [3.8, 4) is 0 Å². The summed E-state index contributed by atoms with van der Waals surface area (Å²) in [4.78, 5) is 33.0. The van der Waals surface area contributed by atoms with Gasteiger partial charge in [-0.3, -0.25) is 9.59 Å². The van der Waals surface area contributed by atoms with Crippen LogP contribution in [-0.2, 0) is 14.4 Å². The topological polar surface area (TPSA) is 104 Å². The summed E-state index contributed by atoms with van der Waals surface area (Å²) in [5, 5.41) is 19.7. The molecule has 3 N–H and O–H groups in total. The second-order valence-corrected chi connectivity index (χ2v) is 6.34. The fourth-order valence-corrected chi connectivity index (χ4v) is 2.59. The first-order chi connectivity index (χ1) is 11.5. The Balaban J connectivity index is -0.000000441. The molecule has 1 atom stereocenters. The second-order valence-electron chi connectivity index (χ2n) is 6.34. The van der Waals surface area contributed by atoms with E-state index >= 15 is 0 Å². The van der Waals surface area contributed by atoms with Crippen molar-refractivity contribution >= 4 is 17.8 Å². The first kappa shape index (κ1) is 32.4. The summed E-state index contributed by atoms with van der Waals surface area (Å²) < 4.78 is 0. The van der Waals surface area contributed by atoms with Crippen molar-refractivity contribution < 1.29 is 130 Å². The number of unbranched alkanes of at least 4 members (excludes halogenated alkanes) is 10. The SMILES string of the molecule is CCCCCCCCCCCCCC(=O)N[C@@H](CC(=O)O)C(=O)O.[H-].[H-].[K+].[K+]. The Hall–Kier alpha value is 1.68. The number of carboxylic acids is 2. The van der Waals surface area contributed by atoms with Crippen molar-refractivity contribution in [2.45, 2.75) is 96.4 Å². The van der Waals surface area contributed by atoms with Gasteiger partial charge in [-0.2, -0.15) is 0 Å². The van der Waals surface area contributed by atoms with E-state index in [0.29, 0.717) is 6.42 Å². The second kappa shape index (κ2) is 23.0. The van der Waals surface area contributed by atoms with Gasteiger partial charge in [0, 0.05) is 6.42 Å². The number of hydrogen-bond donors (Lipinski definition) is 3. The van der Waals surface area contributed by atoms with E-state index in [1.807, 2.05) is 0 Å². The van der Waals surface area contributed by atoms with Crippen LogP contribution in [0, 0.1) is 0 Å². The molecule has 0 fully saturated rings. The van der Waals surface area contributed by atoms with Gasteiger partial charge in [-0.05, 0) is 6.42 Å². The predicted molar refractivity (Wildman–Crippen MR) is 95.1 cm³/mol. The minimum absolute atomic E-state index is 0. The number of hydrogen-bond acceptors (Lipinski definition) is 3. The van der Waals surface area contributed by atoms with Gasteiger partial charge in [0.2, 0.25) is 5.91 Å². The maximum Gasteiger partial charge on any atom is 1.00 e. The smallest absolute Gasteiger partial charge is 1.00 e. The Labute approximate surface area is 245 Å². The molecule has 8 heteroatoms. The molecule has 0 radical (unpaired) electrons. The Morgan fingerprint density at radius 1 is 0.808 bits per heavy atom. The Kier molecular flexibility index (Phi) is 28.6. The molecule has 0 aromatic heterocycles. The molecule has 0 aromatic rings. The van der Waals surface area contributed by atoms with E-state index in [0.717, 1.165) is 12.8 Å². The fourth-order valence-electron chi connectivity index (χ4n) is 2.59. The molecular formula is C18H35K2NO5. The summed E-state index contributed by atoms with van der Waals surface area (Å²) in [6.07, 6.45) is 12.7. The molecule has 144 valence electrons. The number of carboxylic acid groups (broad SMARTS) is 2. The summed E-state index contributed by atoms with van der Waals surface area (Å²) >= 11 is 0. The number of nitrogens with one attached hydrogen (secondary N) is 1. The van der Waals surface area contributed by atoms with E-state index in [9.17, 15) is 14.4 Å². The summed E-state index contributed by atoms with van der Waals surface area (Å²) in [5.41, 5.74) is 0. The molecule has 0 heterocycles. The summed E-state index contributed by atoms with van der Waals surface area (Å²) in [6, 6.07) is -1.34. The van der Waals surface area contributed by atoms with Gasteiger partial charge in [0.05, 0.1) is 6.42 Å². The fraction of sp³-hybridized carbons (Fsp3) is 0.833. The zero-order valence-electron chi connectivity index (χ0n) is 18.9. The maximum absolute atomic E-state index is 11.6. The molecule has 0 aliphatic carbocycles. The van der Waals surface area contributed by atoms with Crippen LogP contribution in [0.25, 0.3) is 0 Å². The van der Waals surface area contributed by atoms with Gasteiger partial charge in [-0.15, -0.1) is 0 Å². The van der Waals surface area contributed by atoms with Gasteiger partial charge in [-0.1, -0.05) is 71.1 Å². The van der Waals surface area contributed by atoms with Gasteiger partial charge in [0.15, 0.2) is 0 Å². The van der Waals surface area contributed by atoms with Gasteiger partial charge in [0.25, 0.3) is 0 Å². The minimum Gasteiger partial charge on any atom is -1.00 e. The Morgan fingerprint density at radius 3 is 1.62 bits per heavy atom.